The van der Waals surface area contributed by atoms with Crippen molar-refractivity contribution in [1.82, 2.24) is 14.8 Å². The lowest BCUT2D eigenvalue weighted by Gasteiger charge is -2.35. The van der Waals surface area contributed by atoms with Crippen molar-refractivity contribution >= 4 is 23.2 Å². The number of amides is 2. The Bertz CT molecular complexity index is 1810. The number of fused-ring (bicyclic) bond motifs is 1. The summed E-state index contributed by atoms with van der Waals surface area (Å²) in [6.45, 7) is 3.53. The fraction of sp³-hybridized carbons (Fsp3) is 0.265. The topological polar surface area (TPSA) is 105 Å². The molecule has 256 valence electrons. The highest BCUT2D eigenvalue weighted by molar-refractivity contribution is 6.04. The van der Waals surface area contributed by atoms with Gasteiger partial charge in [-0.2, -0.15) is 13.2 Å². The van der Waals surface area contributed by atoms with Gasteiger partial charge in [-0.25, -0.2) is 13.8 Å². The average Bonchev–Trinajstić information content (AvgIpc) is 3.55. The van der Waals surface area contributed by atoms with Gasteiger partial charge in [0.2, 0.25) is 18.6 Å². The number of hydrogen-bond acceptors (Lipinski definition) is 8. The van der Waals surface area contributed by atoms with Gasteiger partial charge in [0.05, 0.1) is 16.8 Å². The number of nitrogens with one attached hydrogen (secondary N) is 2. The Labute approximate surface area is 277 Å². The highest BCUT2D eigenvalue weighted by Gasteiger charge is 2.30. The van der Waals surface area contributed by atoms with Crippen LogP contribution in [-0.4, -0.2) is 66.1 Å². The van der Waals surface area contributed by atoms with Crippen molar-refractivity contribution in [1.29, 1.82) is 0 Å². The summed E-state index contributed by atoms with van der Waals surface area (Å²) < 4.78 is 84.0. The standard InChI is InChI=1S/C34H30F5N5O5/c35-25-17-29(49-31-8-2-22(18-41-31)33(46)42-24-5-3-23(4-6-24)34(37,38)39)26(36)16-27(25)40-10-9-32(45)44-13-11-43(12-14-44)19-21-1-7-28-30(15-21)48-20-47-28/h1-8,15-18,40H,9-14,19-20H2,(H,42,46). The number of anilines is 2. The first-order valence-corrected chi connectivity index (χ1v) is 15.3. The van der Waals surface area contributed by atoms with Crippen molar-refractivity contribution in [2.24, 2.45) is 0 Å². The zero-order valence-electron chi connectivity index (χ0n) is 25.9. The van der Waals surface area contributed by atoms with Crippen molar-refractivity contribution in [2.75, 3.05) is 50.2 Å². The summed E-state index contributed by atoms with van der Waals surface area (Å²) in [5.41, 5.74) is 0.286. The van der Waals surface area contributed by atoms with Gasteiger partial charge in [0, 0.05) is 75.8 Å². The molecule has 2 aliphatic rings. The zero-order valence-corrected chi connectivity index (χ0v) is 25.9. The summed E-state index contributed by atoms with van der Waals surface area (Å²) in [6.07, 6.45) is -3.30. The smallest absolute Gasteiger partial charge is 0.416 e. The van der Waals surface area contributed by atoms with Crippen LogP contribution in [0.25, 0.3) is 0 Å². The third-order valence-corrected chi connectivity index (χ3v) is 7.93. The normalized spacial score (nSPS) is 14.4. The van der Waals surface area contributed by atoms with Crippen LogP contribution in [0.2, 0.25) is 0 Å². The molecular weight excluding hydrogens is 653 g/mol. The Balaban J connectivity index is 0.946. The molecule has 3 aromatic carbocycles. The number of alkyl halides is 3. The summed E-state index contributed by atoms with van der Waals surface area (Å²) in [6, 6.07) is 14.1. The number of piperazine rings is 1. The van der Waals surface area contributed by atoms with E-state index in [1.54, 1.807) is 4.90 Å². The lowest BCUT2D eigenvalue weighted by molar-refractivity contribution is -0.137. The first-order chi connectivity index (χ1) is 23.5. The van der Waals surface area contributed by atoms with Gasteiger partial charge >= 0.3 is 6.18 Å². The Morgan fingerprint density at radius 1 is 0.878 bits per heavy atom. The lowest BCUT2D eigenvalue weighted by Crippen LogP contribution is -2.48. The van der Waals surface area contributed by atoms with E-state index in [0.717, 1.165) is 66.2 Å². The first-order valence-electron chi connectivity index (χ1n) is 15.3. The second-order valence-corrected chi connectivity index (χ2v) is 11.3. The minimum Gasteiger partial charge on any atom is -0.454 e. The van der Waals surface area contributed by atoms with E-state index in [4.69, 9.17) is 14.2 Å². The Morgan fingerprint density at radius 3 is 2.35 bits per heavy atom. The van der Waals surface area contributed by atoms with Gasteiger partial charge in [-0.05, 0) is 48.0 Å². The van der Waals surface area contributed by atoms with Gasteiger partial charge in [-0.1, -0.05) is 6.07 Å². The molecule has 0 saturated carbocycles. The number of nitrogens with zero attached hydrogens (tertiary/aromatic N) is 3. The highest BCUT2D eigenvalue weighted by atomic mass is 19.4. The van der Waals surface area contributed by atoms with E-state index in [0.29, 0.717) is 26.2 Å². The van der Waals surface area contributed by atoms with Gasteiger partial charge in [-0.15, -0.1) is 0 Å². The number of aromatic nitrogens is 1. The average molecular weight is 684 g/mol. The van der Waals surface area contributed by atoms with Crippen LogP contribution in [0.4, 0.5) is 33.3 Å². The van der Waals surface area contributed by atoms with Gasteiger partial charge in [0.25, 0.3) is 5.91 Å². The maximum Gasteiger partial charge on any atom is 0.416 e. The minimum absolute atomic E-state index is 0.0520. The number of carbonyl (C=O) groups excluding carboxylic acids is 2. The maximum atomic E-state index is 14.8. The zero-order chi connectivity index (χ0) is 34.5. The molecule has 1 fully saturated rings. The number of benzene rings is 3. The fourth-order valence-electron chi connectivity index (χ4n) is 5.29. The Morgan fingerprint density at radius 2 is 1.63 bits per heavy atom. The third-order valence-electron chi connectivity index (χ3n) is 7.93. The van der Waals surface area contributed by atoms with E-state index in [-0.39, 0.29) is 48.5 Å². The van der Waals surface area contributed by atoms with E-state index >= 15 is 0 Å². The summed E-state index contributed by atoms with van der Waals surface area (Å²) in [5, 5.41) is 5.21. The van der Waals surface area contributed by atoms with Crippen LogP contribution in [0.1, 0.15) is 27.9 Å². The second kappa shape index (κ2) is 14.4. The minimum atomic E-state index is -4.50. The highest BCUT2D eigenvalue weighted by Crippen LogP contribution is 2.33. The van der Waals surface area contributed by atoms with Crippen LogP contribution in [0.5, 0.6) is 23.1 Å². The predicted octanol–water partition coefficient (Wildman–Crippen LogP) is 6.30. The predicted molar refractivity (Wildman–Crippen MR) is 168 cm³/mol. The molecule has 2 aliphatic heterocycles. The molecule has 0 aliphatic carbocycles. The van der Waals surface area contributed by atoms with Crippen LogP contribution >= 0.6 is 0 Å². The molecule has 6 rings (SSSR count). The molecule has 3 heterocycles. The number of hydrogen-bond donors (Lipinski definition) is 2. The molecule has 10 nitrogen and oxygen atoms in total. The monoisotopic (exact) mass is 683 g/mol. The van der Waals surface area contributed by atoms with Crippen molar-refractivity contribution < 1.29 is 45.8 Å². The van der Waals surface area contributed by atoms with Gasteiger partial charge in [0.1, 0.15) is 5.82 Å². The summed E-state index contributed by atoms with van der Waals surface area (Å²) in [7, 11) is 0. The third kappa shape index (κ3) is 8.35. The van der Waals surface area contributed by atoms with Crippen LogP contribution in [0, 0.1) is 11.6 Å². The van der Waals surface area contributed by atoms with Crippen LogP contribution in [0.3, 0.4) is 0 Å². The number of ether oxygens (including phenoxy) is 3. The van der Waals surface area contributed by atoms with Crippen LogP contribution in [-0.2, 0) is 17.5 Å². The lowest BCUT2D eigenvalue weighted by atomic mass is 10.1. The molecule has 4 aromatic rings. The number of carbonyl (C=O) groups is 2. The molecular formula is C34H30F5N5O5. The molecule has 2 amide bonds. The van der Waals surface area contributed by atoms with E-state index in [1.807, 2.05) is 18.2 Å². The Hall–Kier alpha value is -5.44. The first kappa shape index (κ1) is 33.5. The van der Waals surface area contributed by atoms with E-state index in [9.17, 15) is 31.5 Å². The van der Waals surface area contributed by atoms with Crippen molar-refractivity contribution in [2.45, 2.75) is 19.1 Å². The van der Waals surface area contributed by atoms with E-state index < -0.39 is 35.0 Å². The summed E-state index contributed by atoms with van der Waals surface area (Å²) in [5.74, 6) is -1.57. The van der Waals surface area contributed by atoms with Crippen molar-refractivity contribution in [3.63, 3.8) is 0 Å². The van der Waals surface area contributed by atoms with Gasteiger partial charge in [-0.3, -0.25) is 14.5 Å². The number of halogens is 5. The molecule has 2 N–H and O–H groups in total. The van der Waals surface area contributed by atoms with Crippen LogP contribution in [0.15, 0.2) is 72.9 Å². The molecule has 0 bridgehead atoms. The molecule has 1 saturated heterocycles. The molecule has 0 spiro atoms. The van der Waals surface area contributed by atoms with Gasteiger partial charge < -0.3 is 29.7 Å². The summed E-state index contributed by atoms with van der Waals surface area (Å²) >= 11 is 0. The Kier molecular flexibility index (Phi) is 9.80. The largest absolute Gasteiger partial charge is 0.454 e. The quantitative estimate of drug-likeness (QED) is 0.188. The molecule has 49 heavy (non-hydrogen) atoms. The van der Waals surface area contributed by atoms with Crippen molar-refractivity contribution in [3.8, 4) is 23.1 Å². The van der Waals surface area contributed by atoms with Gasteiger partial charge in [0.15, 0.2) is 23.1 Å². The number of rotatable bonds is 10. The van der Waals surface area contributed by atoms with E-state index in [2.05, 4.69) is 20.5 Å². The SMILES string of the molecule is O=C(Nc1ccc(C(F)(F)F)cc1)c1ccc(Oc2cc(F)c(NCCC(=O)N3CCN(Cc4ccc5c(c4)OCO5)CC3)cc2F)nc1. The molecule has 1 aromatic heterocycles. The molecule has 0 radical (unpaired) electrons. The van der Waals surface area contributed by atoms with Crippen LogP contribution < -0.4 is 24.8 Å². The van der Waals surface area contributed by atoms with Crippen molar-refractivity contribution in [3.05, 3.63) is 101 Å². The fourth-order valence-corrected chi connectivity index (χ4v) is 5.29. The number of pyridine rings is 1. The molecule has 15 heteroatoms. The molecule has 0 unspecified atom stereocenters. The second-order valence-electron chi connectivity index (χ2n) is 11.3. The maximum absolute atomic E-state index is 14.8. The van der Waals surface area contributed by atoms with E-state index in [1.165, 1.54) is 12.1 Å². The summed E-state index contributed by atoms with van der Waals surface area (Å²) in [4.78, 5) is 33.2. The molecule has 0 atom stereocenters.